The van der Waals surface area contributed by atoms with Gasteiger partial charge in [0.25, 0.3) is 0 Å². The van der Waals surface area contributed by atoms with Gasteiger partial charge in [-0.25, -0.2) is 15.0 Å². The Kier molecular flexibility index (Phi) is 7.32. The van der Waals surface area contributed by atoms with E-state index in [0.29, 0.717) is 5.82 Å². The lowest BCUT2D eigenvalue weighted by molar-refractivity contribution is 0.910. The zero-order valence-electron chi connectivity index (χ0n) is 28.6. The topological polar surface area (TPSA) is 38.7 Å². The summed E-state index contributed by atoms with van der Waals surface area (Å²) in [6.07, 6.45) is 13.6. The van der Waals surface area contributed by atoms with Crippen LogP contribution in [0.4, 0.5) is 0 Å². The Morgan fingerprint density at radius 1 is 0.462 bits per heavy atom. The van der Waals surface area contributed by atoms with Gasteiger partial charge in [-0.2, -0.15) is 0 Å². The van der Waals surface area contributed by atoms with E-state index in [1.54, 1.807) is 0 Å². The van der Waals surface area contributed by atoms with Crippen LogP contribution in [0.3, 0.4) is 0 Å². The highest BCUT2D eigenvalue weighted by Crippen LogP contribution is 2.42. The van der Waals surface area contributed by atoms with Crippen molar-refractivity contribution in [2.24, 2.45) is 0 Å². The average molecular weight is 664 g/mol. The molecule has 0 fully saturated rings. The van der Waals surface area contributed by atoms with E-state index in [9.17, 15) is 0 Å². The first-order chi connectivity index (χ1) is 25.8. The Labute approximate surface area is 303 Å². The summed E-state index contributed by atoms with van der Waals surface area (Å²) in [5.41, 5.74) is 15.4. The van der Waals surface area contributed by atoms with E-state index < -0.39 is 0 Å². The van der Waals surface area contributed by atoms with E-state index in [-0.39, 0.29) is 0 Å². The molecule has 2 heterocycles. The molecule has 0 bridgehead atoms. The van der Waals surface area contributed by atoms with Gasteiger partial charge in [-0.15, -0.1) is 0 Å². The van der Waals surface area contributed by atoms with E-state index in [4.69, 9.17) is 15.0 Å². The second kappa shape index (κ2) is 12.6. The van der Waals surface area contributed by atoms with E-state index >= 15 is 0 Å². The first kappa shape index (κ1) is 30.2. The van der Waals surface area contributed by atoms with E-state index in [2.05, 4.69) is 140 Å². The van der Waals surface area contributed by atoms with Crippen molar-refractivity contribution in [2.45, 2.75) is 25.7 Å². The summed E-state index contributed by atoms with van der Waals surface area (Å²) in [5.74, 6) is 0.676. The number of aromatic nitrogens is 3. The molecular formula is C49H33N3. The number of benzene rings is 5. The van der Waals surface area contributed by atoms with E-state index in [1.807, 2.05) is 24.3 Å². The Balaban J connectivity index is 1.09. The van der Waals surface area contributed by atoms with Crippen molar-refractivity contribution in [3.05, 3.63) is 174 Å². The minimum absolute atomic E-state index is 0.676. The Morgan fingerprint density at radius 3 is 1.77 bits per heavy atom. The van der Waals surface area contributed by atoms with Crippen molar-refractivity contribution in [2.75, 3.05) is 0 Å². The first-order valence-electron chi connectivity index (χ1n) is 18.1. The fourth-order valence-electron chi connectivity index (χ4n) is 7.93. The smallest absolute Gasteiger partial charge is 0.160 e. The molecule has 244 valence electrons. The van der Waals surface area contributed by atoms with Crippen LogP contribution < -0.4 is 0 Å². The summed E-state index contributed by atoms with van der Waals surface area (Å²) in [7, 11) is 0. The minimum Gasteiger partial charge on any atom is -0.246 e. The standard InChI is InChI=1S/C49H33N3/c1-3-13-32(14-4-1)33-23-25-34(26-24-33)44-31-45(51-49(50-44)37-15-5-2-6-16-37)35-27-29-36(30-28-35)47-43-22-12-10-20-41(43)46-40-19-9-7-17-38(40)39-18-8-11-21-42(39)48(46)52-47/h1-6,9-16,19-27,29,31H,7-8,17-18H2. The first-order valence-corrected chi connectivity index (χ1v) is 18.1. The number of fused-ring (bicyclic) bond motifs is 8. The molecule has 2 aliphatic carbocycles. The molecule has 8 aromatic rings. The third-order valence-corrected chi connectivity index (χ3v) is 10.5. The van der Waals surface area contributed by atoms with Gasteiger partial charge in [0.1, 0.15) is 0 Å². The highest BCUT2D eigenvalue weighted by atomic mass is 14.9. The Morgan fingerprint density at radius 2 is 1.04 bits per heavy atom. The number of hydrogen-bond acceptors (Lipinski definition) is 3. The van der Waals surface area contributed by atoms with Crippen LogP contribution in [-0.4, -0.2) is 15.0 Å². The van der Waals surface area contributed by atoms with E-state index in [1.165, 1.54) is 44.2 Å². The SMILES string of the molecule is c1c(-c2cc(-c3ccc(-c4ccccc4)cc3)nc(-c3ccccc3)n2)ccc(-c2nc3c4c(c5c(c3c3ccccc23)C=CCC5)CCC=C4)c#1. The van der Waals surface area contributed by atoms with Crippen LogP contribution >= 0.6 is 0 Å². The summed E-state index contributed by atoms with van der Waals surface area (Å²) in [6, 6.07) is 51.2. The third kappa shape index (κ3) is 5.20. The quantitative estimate of drug-likeness (QED) is 0.172. The molecular weight excluding hydrogens is 631 g/mol. The van der Waals surface area contributed by atoms with Gasteiger partial charge in [0.05, 0.1) is 33.7 Å². The number of rotatable bonds is 5. The molecule has 0 saturated heterocycles. The molecule has 0 unspecified atom stereocenters. The van der Waals surface area contributed by atoms with Crippen molar-refractivity contribution >= 4 is 33.8 Å². The molecule has 10 rings (SSSR count). The molecule has 2 aromatic heterocycles. The zero-order chi connectivity index (χ0) is 34.4. The number of hydrogen-bond donors (Lipinski definition) is 0. The van der Waals surface area contributed by atoms with Crippen molar-refractivity contribution in [3.8, 4) is 56.3 Å². The molecule has 0 atom stereocenters. The molecule has 0 radical (unpaired) electrons. The Hall–Kier alpha value is -6.63. The van der Waals surface area contributed by atoms with Crippen LogP contribution in [0.2, 0.25) is 0 Å². The van der Waals surface area contributed by atoms with Crippen molar-refractivity contribution in [1.29, 1.82) is 0 Å². The molecule has 3 heteroatoms. The maximum absolute atomic E-state index is 5.47. The predicted molar refractivity (Wildman–Crippen MR) is 214 cm³/mol. The monoisotopic (exact) mass is 663 g/mol. The third-order valence-electron chi connectivity index (χ3n) is 10.5. The van der Waals surface area contributed by atoms with Gasteiger partial charge in [0, 0.05) is 27.5 Å². The molecule has 0 N–H and O–H groups in total. The summed E-state index contributed by atoms with van der Waals surface area (Å²) in [6.45, 7) is 0. The largest absolute Gasteiger partial charge is 0.246 e. The van der Waals surface area contributed by atoms with Crippen molar-refractivity contribution < 1.29 is 0 Å². The molecule has 3 nitrogen and oxygen atoms in total. The molecule has 0 saturated carbocycles. The van der Waals surface area contributed by atoms with Gasteiger partial charge in [0.15, 0.2) is 5.82 Å². The summed E-state index contributed by atoms with van der Waals surface area (Å²) in [4.78, 5) is 15.6. The van der Waals surface area contributed by atoms with Crippen LogP contribution in [0.1, 0.15) is 35.1 Å². The fraction of sp³-hybridized carbons (Fsp3) is 0.0816. The zero-order valence-corrected chi connectivity index (χ0v) is 28.6. The number of allylic oxidation sites excluding steroid dienone is 2. The van der Waals surface area contributed by atoms with Crippen LogP contribution in [0.5, 0.6) is 0 Å². The maximum Gasteiger partial charge on any atom is 0.160 e. The predicted octanol–water partition coefficient (Wildman–Crippen LogP) is 12.0. The lowest BCUT2D eigenvalue weighted by atomic mass is 9.81. The van der Waals surface area contributed by atoms with E-state index in [0.717, 1.165) is 75.9 Å². The maximum atomic E-state index is 5.47. The van der Waals surface area contributed by atoms with Gasteiger partial charge in [-0.1, -0.05) is 146 Å². The highest BCUT2D eigenvalue weighted by molar-refractivity contribution is 6.16. The van der Waals surface area contributed by atoms with Gasteiger partial charge >= 0.3 is 0 Å². The summed E-state index contributed by atoms with van der Waals surface area (Å²) < 4.78 is 0. The van der Waals surface area contributed by atoms with Gasteiger partial charge in [0.2, 0.25) is 0 Å². The van der Waals surface area contributed by atoms with Gasteiger partial charge in [-0.3, -0.25) is 0 Å². The molecule has 0 aliphatic heterocycles. The van der Waals surface area contributed by atoms with Crippen LogP contribution in [0.15, 0.2) is 140 Å². The molecule has 0 amide bonds. The average Bonchev–Trinajstić information content (AvgIpc) is 3.24. The van der Waals surface area contributed by atoms with Crippen LogP contribution in [-0.2, 0) is 12.8 Å². The lowest BCUT2D eigenvalue weighted by Gasteiger charge is -2.24. The second-order valence-electron chi connectivity index (χ2n) is 13.6. The van der Waals surface area contributed by atoms with Gasteiger partial charge < -0.3 is 0 Å². The normalized spacial score (nSPS) is 13.2. The number of pyridine rings is 1. The summed E-state index contributed by atoms with van der Waals surface area (Å²) in [5, 5.41) is 3.62. The van der Waals surface area contributed by atoms with Crippen LogP contribution in [0.25, 0.3) is 90.1 Å². The molecule has 0 spiro atoms. The molecule has 2 aliphatic rings. The molecule has 52 heavy (non-hydrogen) atoms. The van der Waals surface area contributed by atoms with Crippen molar-refractivity contribution in [3.63, 3.8) is 0 Å². The minimum atomic E-state index is 0.676. The lowest BCUT2D eigenvalue weighted by Crippen LogP contribution is -2.08. The number of nitrogens with zero attached hydrogens (tertiary/aromatic N) is 3. The van der Waals surface area contributed by atoms with Gasteiger partial charge in [-0.05, 0) is 77.1 Å². The fourth-order valence-corrected chi connectivity index (χ4v) is 7.93. The van der Waals surface area contributed by atoms with Crippen molar-refractivity contribution in [1.82, 2.24) is 15.0 Å². The molecule has 6 aromatic carbocycles. The summed E-state index contributed by atoms with van der Waals surface area (Å²) >= 11 is 0. The second-order valence-corrected chi connectivity index (χ2v) is 13.6. The Bertz CT molecular complexity index is 2690. The highest BCUT2D eigenvalue weighted by Gasteiger charge is 2.23. The van der Waals surface area contributed by atoms with Crippen LogP contribution in [0, 0.1) is 12.1 Å².